The minimum atomic E-state index is -1.58. The third-order valence-corrected chi connectivity index (χ3v) is 4.34. The number of carboxylic acid groups (broad SMARTS) is 2. The van der Waals surface area contributed by atoms with Gasteiger partial charge in [0.2, 0.25) is 0 Å². The highest BCUT2D eigenvalue weighted by Gasteiger charge is 2.29. The first kappa shape index (κ1) is 17.4. The van der Waals surface area contributed by atoms with Gasteiger partial charge in [0.15, 0.2) is 5.92 Å². The number of pyridine rings is 1. The van der Waals surface area contributed by atoms with Crippen molar-refractivity contribution in [3.8, 4) is 16.9 Å². The molecule has 6 heteroatoms. The molecule has 26 heavy (non-hydrogen) atoms. The molecule has 3 aromatic rings. The monoisotopic (exact) mass is 351 g/mol. The lowest BCUT2D eigenvalue weighted by Gasteiger charge is -2.14. The lowest BCUT2D eigenvalue weighted by atomic mass is 9.91. The topological polar surface area (TPSA) is 96.7 Å². The van der Waals surface area contributed by atoms with Gasteiger partial charge in [-0.2, -0.15) is 0 Å². The van der Waals surface area contributed by atoms with Crippen LogP contribution in [0.2, 0.25) is 0 Å². The zero-order chi connectivity index (χ0) is 18.8. The Bertz CT molecular complexity index is 998. The SMILES string of the molecule is COc1ccc2c(-c3ccc(C(C(=O)O)C(=O)O)c(C)c3)ccnc2c1. The van der Waals surface area contributed by atoms with E-state index in [1.54, 1.807) is 38.4 Å². The number of hydrogen-bond acceptors (Lipinski definition) is 4. The van der Waals surface area contributed by atoms with E-state index in [1.165, 1.54) is 0 Å². The Balaban J connectivity index is 2.11. The zero-order valence-electron chi connectivity index (χ0n) is 14.3. The number of ether oxygens (including phenoxy) is 1. The predicted molar refractivity (Wildman–Crippen MR) is 96.5 cm³/mol. The molecule has 0 fully saturated rings. The van der Waals surface area contributed by atoms with Gasteiger partial charge in [-0.15, -0.1) is 0 Å². The van der Waals surface area contributed by atoms with E-state index in [0.29, 0.717) is 11.3 Å². The van der Waals surface area contributed by atoms with Gasteiger partial charge < -0.3 is 14.9 Å². The molecule has 0 aliphatic heterocycles. The molecule has 0 amide bonds. The molecule has 0 spiro atoms. The van der Waals surface area contributed by atoms with Crippen molar-refractivity contribution in [2.75, 3.05) is 7.11 Å². The van der Waals surface area contributed by atoms with Crippen molar-refractivity contribution in [2.24, 2.45) is 0 Å². The number of aromatic nitrogens is 1. The Morgan fingerprint density at radius 1 is 1.04 bits per heavy atom. The fourth-order valence-electron chi connectivity index (χ4n) is 3.05. The van der Waals surface area contributed by atoms with Gasteiger partial charge in [-0.3, -0.25) is 14.6 Å². The van der Waals surface area contributed by atoms with Crippen LogP contribution < -0.4 is 4.74 Å². The van der Waals surface area contributed by atoms with Crippen molar-refractivity contribution in [3.63, 3.8) is 0 Å². The lowest BCUT2D eigenvalue weighted by molar-refractivity contribution is -0.150. The van der Waals surface area contributed by atoms with Crippen molar-refractivity contribution < 1.29 is 24.5 Å². The van der Waals surface area contributed by atoms with Crippen LogP contribution in [0, 0.1) is 6.92 Å². The summed E-state index contributed by atoms with van der Waals surface area (Å²) in [5.74, 6) is -3.63. The molecular weight excluding hydrogens is 334 g/mol. The van der Waals surface area contributed by atoms with E-state index < -0.39 is 17.9 Å². The molecule has 6 nitrogen and oxygen atoms in total. The normalized spacial score (nSPS) is 10.9. The number of nitrogens with zero attached hydrogens (tertiary/aromatic N) is 1. The predicted octanol–water partition coefficient (Wildman–Crippen LogP) is 3.47. The first-order valence-electron chi connectivity index (χ1n) is 7.91. The van der Waals surface area contributed by atoms with E-state index in [9.17, 15) is 19.8 Å². The summed E-state index contributed by atoms with van der Waals surface area (Å²) in [4.78, 5) is 26.9. The van der Waals surface area contributed by atoms with E-state index in [4.69, 9.17) is 4.74 Å². The molecule has 0 radical (unpaired) electrons. The largest absolute Gasteiger partial charge is 0.497 e. The number of hydrogen-bond donors (Lipinski definition) is 2. The number of carboxylic acids is 2. The number of benzene rings is 2. The molecule has 0 atom stereocenters. The molecule has 2 N–H and O–H groups in total. The van der Waals surface area contributed by atoms with Crippen molar-refractivity contribution in [1.29, 1.82) is 0 Å². The fraction of sp³-hybridized carbons (Fsp3) is 0.150. The highest BCUT2D eigenvalue weighted by atomic mass is 16.5. The molecule has 0 aliphatic carbocycles. The Labute approximate surface area is 149 Å². The maximum atomic E-state index is 11.3. The van der Waals surface area contributed by atoms with Crippen molar-refractivity contribution in [2.45, 2.75) is 12.8 Å². The van der Waals surface area contributed by atoms with Gasteiger partial charge in [0.1, 0.15) is 5.75 Å². The molecular formula is C20H17NO5. The summed E-state index contributed by atoms with van der Waals surface area (Å²) in [6, 6.07) is 12.6. The maximum Gasteiger partial charge on any atom is 0.322 e. The lowest BCUT2D eigenvalue weighted by Crippen LogP contribution is -2.21. The molecule has 1 heterocycles. The number of aliphatic carboxylic acids is 2. The number of aryl methyl sites for hydroxylation is 1. The summed E-state index contributed by atoms with van der Waals surface area (Å²) < 4.78 is 5.22. The molecule has 0 aliphatic rings. The number of methoxy groups -OCH3 is 1. The van der Waals surface area contributed by atoms with Gasteiger partial charge in [0.05, 0.1) is 12.6 Å². The molecule has 1 aromatic heterocycles. The maximum absolute atomic E-state index is 11.3. The minimum absolute atomic E-state index is 0.272. The smallest absolute Gasteiger partial charge is 0.322 e. The third kappa shape index (κ3) is 3.09. The summed E-state index contributed by atoms with van der Waals surface area (Å²) in [5.41, 5.74) is 3.44. The highest BCUT2D eigenvalue weighted by Crippen LogP contribution is 2.32. The van der Waals surface area contributed by atoms with Gasteiger partial charge >= 0.3 is 11.9 Å². The van der Waals surface area contributed by atoms with Gasteiger partial charge in [0, 0.05) is 17.6 Å². The second-order valence-corrected chi connectivity index (χ2v) is 5.92. The molecule has 2 aromatic carbocycles. The molecule has 0 saturated heterocycles. The van der Waals surface area contributed by atoms with Crippen LogP contribution in [0.4, 0.5) is 0 Å². The molecule has 132 valence electrons. The zero-order valence-corrected chi connectivity index (χ0v) is 14.3. The Hall–Kier alpha value is -3.41. The highest BCUT2D eigenvalue weighted by molar-refractivity contribution is 6.00. The van der Waals surface area contributed by atoms with Crippen LogP contribution in [0.15, 0.2) is 48.7 Å². The first-order chi connectivity index (χ1) is 12.4. The fourth-order valence-corrected chi connectivity index (χ4v) is 3.05. The van der Waals surface area contributed by atoms with E-state index in [-0.39, 0.29) is 5.56 Å². The summed E-state index contributed by atoms with van der Waals surface area (Å²) in [6.07, 6.45) is 1.69. The average Bonchev–Trinajstić information content (AvgIpc) is 2.61. The van der Waals surface area contributed by atoms with Crippen LogP contribution >= 0.6 is 0 Å². The van der Waals surface area contributed by atoms with Crippen LogP contribution in [0.5, 0.6) is 5.75 Å². The minimum Gasteiger partial charge on any atom is -0.497 e. The second kappa shape index (κ2) is 6.84. The van der Waals surface area contributed by atoms with Gasteiger partial charge in [0.25, 0.3) is 0 Å². The first-order valence-corrected chi connectivity index (χ1v) is 7.91. The molecule has 0 bridgehead atoms. The Morgan fingerprint density at radius 2 is 1.77 bits per heavy atom. The summed E-state index contributed by atoms with van der Waals surface area (Å²) in [7, 11) is 1.59. The Kier molecular flexibility index (Phi) is 4.58. The van der Waals surface area contributed by atoms with Gasteiger partial charge in [-0.1, -0.05) is 18.2 Å². The molecule has 0 unspecified atom stereocenters. The molecule has 0 saturated carbocycles. The number of carbonyl (C=O) groups is 2. The van der Waals surface area contributed by atoms with Crippen LogP contribution in [0.1, 0.15) is 17.0 Å². The second-order valence-electron chi connectivity index (χ2n) is 5.92. The summed E-state index contributed by atoms with van der Waals surface area (Å²) in [6.45, 7) is 1.71. The molecule has 3 rings (SSSR count). The quantitative estimate of drug-likeness (QED) is 0.683. The van der Waals surface area contributed by atoms with Crippen molar-refractivity contribution in [1.82, 2.24) is 4.98 Å². The number of rotatable bonds is 5. The van der Waals surface area contributed by atoms with Crippen LogP contribution in [0.3, 0.4) is 0 Å². The van der Waals surface area contributed by atoms with E-state index in [1.807, 2.05) is 24.3 Å². The van der Waals surface area contributed by atoms with Crippen LogP contribution in [-0.4, -0.2) is 34.2 Å². The standard InChI is InChI=1S/C20H17NO5/c1-11-9-12(3-5-14(11)18(19(22)23)20(24)25)15-7-8-21-17-10-13(26-2)4-6-16(15)17/h3-10,18H,1-2H3,(H,22,23)(H,24,25). The summed E-state index contributed by atoms with van der Waals surface area (Å²) in [5, 5.41) is 19.3. The van der Waals surface area contributed by atoms with Crippen LogP contribution in [0.25, 0.3) is 22.0 Å². The van der Waals surface area contributed by atoms with Crippen molar-refractivity contribution in [3.05, 3.63) is 59.8 Å². The summed E-state index contributed by atoms with van der Waals surface area (Å²) >= 11 is 0. The van der Waals surface area contributed by atoms with Gasteiger partial charge in [-0.05, 0) is 47.4 Å². The van der Waals surface area contributed by atoms with Crippen LogP contribution in [-0.2, 0) is 9.59 Å². The van der Waals surface area contributed by atoms with E-state index in [2.05, 4.69) is 4.98 Å². The van der Waals surface area contributed by atoms with Gasteiger partial charge in [-0.25, -0.2) is 0 Å². The van der Waals surface area contributed by atoms with E-state index in [0.717, 1.165) is 22.0 Å². The van der Waals surface area contributed by atoms with Crippen molar-refractivity contribution >= 4 is 22.8 Å². The third-order valence-electron chi connectivity index (χ3n) is 4.34. The Morgan fingerprint density at radius 3 is 2.38 bits per heavy atom. The number of fused-ring (bicyclic) bond motifs is 1. The average molecular weight is 351 g/mol. The van der Waals surface area contributed by atoms with E-state index >= 15 is 0 Å².